The second-order valence-electron chi connectivity index (χ2n) is 9.21. The molecular formula is C31H32O4. The van der Waals surface area contributed by atoms with Gasteiger partial charge in [0.2, 0.25) is 0 Å². The molecule has 4 aromatic rings. The molecule has 0 saturated heterocycles. The second kappa shape index (κ2) is 11.0. The molecule has 180 valence electrons. The highest BCUT2D eigenvalue weighted by Gasteiger charge is 2.14. The first-order valence-electron chi connectivity index (χ1n) is 11.8. The van der Waals surface area contributed by atoms with E-state index in [4.69, 9.17) is 10.2 Å². The van der Waals surface area contributed by atoms with Crippen molar-refractivity contribution in [3.8, 4) is 0 Å². The molecule has 2 N–H and O–H groups in total. The van der Waals surface area contributed by atoms with E-state index in [-0.39, 0.29) is 0 Å². The van der Waals surface area contributed by atoms with Crippen molar-refractivity contribution < 1.29 is 19.8 Å². The molecule has 0 spiro atoms. The molecule has 4 nitrogen and oxygen atoms in total. The molecule has 0 heterocycles. The minimum absolute atomic E-state index is 0.459. The average molecular weight is 469 g/mol. The Bertz CT molecular complexity index is 1380. The number of carboxylic acids is 2. The summed E-state index contributed by atoms with van der Waals surface area (Å²) in [7, 11) is 0. The molecule has 0 amide bonds. The SMILES string of the molecule is C=Cc1ccc2cc(C(C)C(=O)O)ccc2c1.CC(C)c1ccc2cc(C(C)C(=O)O)ccc2c1. The van der Waals surface area contributed by atoms with Crippen molar-refractivity contribution in [2.75, 3.05) is 0 Å². The summed E-state index contributed by atoms with van der Waals surface area (Å²) in [5, 5.41) is 22.4. The van der Waals surface area contributed by atoms with Gasteiger partial charge in [0.05, 0.1) is 11.8 Å². The summed E-state index contributed by atoms with van der Waals surface area (Å²) in [6.07, 6.45) is 1.80. The van der Waals surface area contributed by atoms with Gasteiger partial charge in [-0.25, -0.2) is 0 Å². The topological polar surface area (TPSA) is 74.6 Å². The Balaban J connectivity index is 0.000000196. The number of rotatable bonds is 6. The van der Waals surface area contributed by atoms with Gasteiger partial charge in [-0.2, -0.15) is 0 Å². The van der Waals surface area contributed by atoms with E-state index in [1.807, 2.05) is 54.6 Å². The summed E-state index contributed by atoms with van der Waals surface area (Å²) >= 11 is 0. The molecule has 35 heavy (non-hydrogen) atoms. The third kappa shape index (κ3) is 6.15. The van der Waals surface area contributed by atoms with Crippen LogP contribution in [0.1, 0.15) is 67.7 Å². The van der Waals surface area contributed by atoms with Gasteiger partial charge in [-0.05, 0) is 69.6 Å². The Kier molecular flexibility index (Phi) is 8.08. The van der Waals surface area contributed by atoms with Gasteiger partial charge >= 0.3 is 11.9 Å². The van der Waals surface area contributed by atoms with Crippen LogP contribution in [0.4, 0.5) is 0 Å². The van der Waals surface area contributed by atoms with Gasteiger partial charge in [-0.1, -0.05) is 93.2 Å². The van der Waals surface area contributed by atoms with Crippen molar-refractivity contribution in [2.45, 2.75) is 45.4 Å². The molecule has 0 radical (unpaired) electrons. The zero-order valence-electron chi connectivity index (χ0n) is 20.7. The number of carbonyl (C=O) groups is 2. The molecule has 0 fully saturated rings. The van der Waals surface area contributed by atoms with E-state index in [0.29, 0.717) is 5.92 Å². The van der Waals surface area contributed by atoms with Gasteiger partial charge in [-0.3, -0.25) is 9.59 Å². The quantitative estimate of drug-likeness (QED) is 0.302. The van der Waals surface area contributed by atoms with E-state index >= 15 is 0 Å². The summed E-state index contributed by atoms with van der Waals surface area (Å²) in [4.78, 5) is 21.9. The third-order valence-corrected chi connectivity index (χ3v) is 6.42. The zero-order valence-corrected chi connectivity index (χ0v) is 20.7. The van der Waals surface area contributed by atoms with Crippen molar-refractivity contribution >= 4 is 39.6 Å². The van der Waals surface area contributed by atoms with Crippen LogP contribution in [0.3, 0.4) is 0 Å². The third-order valence-electron chi connectivity index (χ3n) is 6.42. The van der Waals surface area contributed by atoms with E-state index < -0.39 is 23.8 Å². The molecule has 2 unspecified atom stereocenters. The fraction of sp³-hybridized carbons (Fsp3) is 0.226. The predicted molar refractivity (Wildman–Crippen MR) is 144 cm³/mol. The summed E-state index contributed by atoms with van der Waals surface area (Å²) in [5.41, 5.74) is 4.06. The van der Waals surface area contributed by atoms with Crippen LogP contribution in [0.25, 0.3) is 27.6 Å². The molecule has 0 saturated carbocycles. The Morgan fingerprint density at radius 1 is 0.629 bits per heavy atom. The van der Waals surface area contributed by atoms with Crippen LogP contribution >= 0.6 is 0 Å². The first kappa shape index (κ1) is 25.7. The number of fused-ring (bicyclic) bond motifs is 2. The number of hydrogen-bond donors (Lipinski definition) is 2. The molecule has 0 aromatic heterocycles. The molecule has 2 atom stereocenters. The monoisotopic (exact) mass is 468 g/mol. The van der Waals surface area contributed by atoms with Crippen molar-refractivity contribution in [1.82, 2.24) is 0 Å². The van der Waals surface area contributed by atoms with Crippen molar-refractivity contribution in [3.63, 3.8) is 0 Å². The van der Waals surface area contributed by atoms with Crippen LogP contribution in [-0.2, 0) is 9.59 Å². The lowest BCUT2D eigenvalue weighted by molar-refractivity contribution is -0.139. The average Bonchev–Trinajstić information content (AvgIpc) is 2.86. The van der Waals surface area contributed by atoms with E-state index in [1.165, 1.54) is 10.9 Å². The molecule has 4 aromatic carbocycles. The summed E-state index contributed by atoms with van der Waals surface area (Å²) in [6.45, 7) is 11.5. The van der Waals surface area contributed by atoms with Crippen LogP contribution in [0.5, 0.6) is 0 Å². The van der Waals surface area contributed by atoms with Crippen molar-refractivity contribution in [3.05, 3.63) is 102 Å². The Morgan fingerprint density at radius 3 is 1.40 bits per heavy atom. The lowest BCUT2D eigenvalue weighted by atomic mass is 9.95. The van der Waals surface area contributed by atoms with Crippen LogP contribution in [-0.4, -0.2) is 22.2 Å². The van der Waals surface area contributed by atoms with Gasteiger partial charge < -0.3 is 10.2 Å². The molecule has 0 aliphatic carbocycles. The summed E-state index contributed by atoms with van der Waals surface area (Å²) in [6, 6.07) is 24.0. The molecule has 4 heteroatoms. The van der Waals surface area contributed by atoms with Crippen molar-refractivity contribution in [1.29, 1.82) is 0 Å². The first-order valence-corrected chi connectivity index (χ1v) is 11.8. The minimum Gasteiger partial charge on any atom is -0.481 e. The van der Waals surface area contributed by atoms with E-state index in [0.717, 1.165) is 32.8 Å². The molecular weight excluding hydrogens is 436 g/mol. The largest absolute Gasteiger partial charge is 0.481 e. The van der Waals surface area contributed by atoms with Crippen LogP contribution in [0.15, 0.2) is 79.4 Å². The number of hydrogen-bond acceptors (Lipinski definition) is 2. The highest BCUT2D eigenvalue weighted by Crippen LogP contribution is 2.26. The number of aliphatic carboxylic acids is 2. The van der Waals surface area contributed by atoms with Gasteiger partial charge in [0.25, 0.3) is 0 Å². The smallest absolute Gasteiger partial charge is 0.310 e. The molecule has 0 aliphatic heterocycles. The van der Waals surface area contributed by atoms with Gasteiger partial charge in [-0.15, -0.1) is 0 Å². The highest BCUT2D eigenvalue weighted by molar-refractivity contribution is 5.87. The molecule has 4 rings (SSSR count). The van der Waals surface area contributed by atoms with E-state index in [1.54, 1.807) is 19.9 Å². The fourth-order valence-corrected chi connectivity index (χ4v) is 3.88. The minimum atomic E-state index is -0.799. The van der Waals surface area contributed by atoms with Gasteiger partial charge in [0.15, 0.2) is 0 Å². The normalized spacial score (nSPS) is 12.6. The van der Waals surface area contributed by atoms with Crippen molar-refractivity contribution in [2.24, 2.45) is 0 Å². The Morgan fingerprint density at radius 2 is 1.00 bits per heavy atom. The zero-order chi connectivity index (χ0) is 25.7. The summed E-state index contributed by atoms with van der Waals surface area (Å²) in [5.74, 6) is -2.01. The van der Waals surface area contributed by atoms with Crippen LogP contribution < -0.4 is 0 Å². The number of carboxylic acid groups (broad SMARTS) is 2. The van der Waals surface area contributed by atoms with Crippen LogP contribution in [0.2, 0.25) is 0 Å². The summed E-state index contributed by atoms with van der Waals surface area (Å²) < 4.78 is 0. The molecule has 0 bridgehead atoms. The lowest BCUT2D eigenvalue weighted by Gasteiger charge is -2.10. The van der Waals surface area contributed by atoms with E-state index in [9.17, 15) is 9.59 Å². The van der Waals surface area contributed by atoms with E-state index in [2.05, 4.69) is 38.6 Å². The predicted octanol–water partition coefficient (Wildman–Crippen LogP) is 7.82. The fourth-order valence-electron chi connectivity index (χ4n) is 3.88. The maximum atomic E-state index is 11.0. The lowest BCUT2D eigenvalue weighted by Crippen LogP contribution is -2.07. The standard InChI is InChI=1S/C16H18O2.C15H14O2/c1-10(2)12-4-6-15-9-13(11(3)16(17)18)5-7-14(15)8-12;1-3-11-4-5-14-9-12(10(2)15(16)17)6-7-13(14)8-11/h4-11H,1-3H3,(H,17,18);3-10H,1H2,2H3,(H,16,17). The maximum Gasteiger partial charge on any atom is 0.310 e. The Hall–Kier alpha value is -3.92. The molecule has 0 aliphatic rings. The maximum absolute atomic E-state index is 11.0. The van der Waals surface area contributed by atoms with Gasteiger partial charge in [0, 0.05) is 0 Å². The first-order chi connectivity index (χ1) is 16.6. The number of benzene rings is 4. The highest BCUT2D eigenvalue weighted by atomic mass is 16.4. The van der Waals surface area contributed by atoms with Gasteiger partial charge in [0.1, 0.15) is 0 Å². The van der Waals surface area contributed by atoms with Crippen LogP contribution in [0, 0.1) is 0 Å². The Labute approximate surface area is 206 Å². The second-order valence-corrected chi connectivity index (χ2v) is 9.21.